The smallest absolute Gasteiger partial charge is 0.247 e. The van der Waals surface area contributed by atoms with Crippen LogP contribution in [0.4, 0.5) is 0 Å². The number of amides is 1. The molecule has 2 fully saturated rings. The molecular weight excluding hydrogens is 428 g/mol. The largest absolute Gasteiger partial charge is 0.401 e. The summed E-state index contributed by atoms with van der Waals surface area (Å²) in [7, 11) is 0. The Morgan fingerprint density at radius 2 is 1.91 bits per heavy atom. The molecule has 1 aliphatic carbocycles. The number of aryl methyl sites for hydroxylation is 1. The topological polar surface area (TPSA) is 75.6 Å². The highest BCUT2D eigenvalue weighted by atomic mass is 32.2. The molecule has 6 heteroatoms. The quantitative estimate of drug-likeness (QED) is 0.269. The van der Waals surface area contributed by atoms with E-state index in [0.717, 1.165) is 44.3 Å². The molecule has 0 bridgehead atoms. The van der Waals surface area contributed by atoms with Crippen molar-refractivity contribution in [3.63, 3.8) is 0 Å². The standard InChI is InChI=1S/C25H38N4OS.C2H6/c1-5-9-23(31-22-12-7-6-10-18(22)4)21-11-8-15-28(21)25(30)24(17(2)3)29(27)16-20(26)19-13-14-19;1-2/h6-7,9-10,12,16-17,19,21,24H,5,8,11,13-15,26-27H2,1-4H3;1-2H3/b20-16-,23-9+;. The Kier molecular flexibility index (Phi) is 10.8. The summed E-state index contributed by atoms with van der Waals surface area (Å²) < 4.78 is 0. The van der Waals surface area contributed by atoms with Gasteiger partial charge in [0.15, 0.2) is 0 Å². The van der Waals surface area contributed by atoms with E-state index in [-0.39, 0.29) is 17.9 Å². The fourth-order valence-corrected chi connectivity index (χ4v) is 5.53. The van der Waals surface area contributed by atoms with E-state index in [2.05, 4.69) is 62.9 Å². The molecule has 1 aliphatic heterocycles. The van der Waals surface area contributed by atoms with Gasteiger partial charge in [-0.3, -0.25) is 4.79 Å². The van der Waals surface area contributed by atoms with E-state index in [1.165, 1.54) is 15.4 Å². The molecule has 33 heavy (non-hydrogen) atoms. The molecule has 1 aromatic carbocycles. The van der Waals surface area contributed by atoms with Crippen LogP contribution in [0.3, 0.4) is 0 Å². The third-order valence-corrected chi connectivity index (χ3v) is 7.50. The normalized spacial score (nSPS) is 19.9. The van der Waals surface area contributed by atoms with Crippen molar-refractivity contribution in [1.29, 1.82) is 0 Å². The van der Waals surface area contributed by atoms with Gasteiger partial charge in [-0.2, -0.15) is 0 Å². The van der Waals surface area contributed by atoms with Crippen molar-refractivity contribution < 1.29 is 4.79 Å². The molecule has 3 rings (SSSR count). The van der Waals surface area contributed by atoms with E-state index in [1.54, 1.807) is 23.0 Å². The lowest BCUT2D eigenvalue weighted by atomic mass is 10.0. The van der Waals surface area contributed by atoms with Crippen molar-refractivity contribution >= 4 is 17.7 Å². The monoisotopic (exact) mass is 472 g/mol. The first-order valence-corrected chi connectivity index (χ1v) is 13.4. The first-order chi connectivity index (χ1) is 15.8. The number of nitrogens with zero attached hydrogens (tertiary/aromatic N) is 2. The Morgan fingerprint density at radius 1 is 1.24 bits per heavy atom. The lowest BCUT2D eigenvalue weighted by Gasteiger charge is -2.35. The molecule has 0 spiro atoms. The predicted octanol–water partition coefficient (Wildman–Crippen LogP) is 5.81. The molecular formula is C27H44N4OS. The number of carbonyl (C=O) groups is 1. The summed E-state index contributed by atoms with van der Waals surface area (Å²) in [6.45, 7) is 13.2. The van der Waals surface area contributed by atoms with Crippen LogP contribution in [0.15, 0.2) is 52.0 Å². The number of benzene rings is 1. The van der Waals surface area contributed by atoms with Crippen molar-refractivity contribution in [3.8, 4) is 0 Å². The summed E-state index contributed by atoms with van der Waals surface area (Å²) in [5, 5.41) is 1.56. The lowest BCUT2D eigenvalue weighted by Crippen LogP contribution is -2.53. The van der Waals surface area contributed by atoms with Gasteiger partial charge >= 0.3 is 0 Å². The van der Waals surface area contributed by atoms with Gasteiger partial charge in [0.1, 0.15) is 6.04 Å². The maximum atomic E-state index is 13.7. The van der Waals surface area contributed by atoms with Crippen LogP contribution in [-0.4, -0.2) is 34.4 Å². The summed E-state index contributed by atoms with van der Waals surface area (Å²) >= 11 is 1.80. The van der Waals surface area contributed by atoms with E-state index in [4.69, 9.17) is 11.6 Å². The highest BCUT2D eigenvalue weighted by molar-refractivity contribution is 8.03. The van der Waals surface area contributed by atoms with Crippen molar-refractivity contribution in [2.24, 2.45) is 23.4 Å². The highest BCUT2D eigenvalue weighted by Crippen LogP contribution is 2.38. The molecule has 2 unspecified atom stereocenters. The first-order valence-electron chi connectivity index (χ1n) is 12.6. The number of allylic oxidation sites excluding steroid dienone is 2. The van der Waals surface area contributed by atoms with Gasteiger partial charge in [0.25, 0.3) is 0 Å². The van der Waals surface area contributed by atoms with Gasteiger partial charge in [0, 0.05) is 34.2 Å². The maximum absolute atomic E-state index is 13.7. The summed E-state index contributed by atoms with van der Waals surface area (Å²) in [5.74, 6) is 7.01. The summed E-state index contributed by atoms with van der Waals surface area (Å²) in [5.41, 5.74) is 8.24. The molecule has 1 saturated carbocycles. The molecule has 1 aromatic rings. The Labute approximate surface area is 205 Å². The SMILES string of the molecule is CC.CC/C=C(/Sc1ccccc1C)C1CCCN1C(=O)C(C(C)C)N(N)/C=C(\N)C1CC1. The summed E-state index contributed by atoms with van der Waals surface area (Å²) in [6, 6.07) is 8.14. The summed E-state index contributed by atoms with van der Waals surface area (Å²) in [4.78, 5) is 18.3. The maximum Gasteiger partial charge on any atom is 0.247 e. The van der Waals surface area contributed by atoms with Crippen LogP contribution < -0.4 is 11.6 Å². The Bertz CT molecular complexity index is 831. The second-order valence-electron chi connectivity index (χ2n) is 9.11. The predicted molar refractivity (Wildman–Crippen MR) is 141 cm³/mol. The van der Waals surface area contributed by atoms with Gasteiger partial charge < -0.3 is 15.6 Å². The Balaban J connectivity index is 0.00000187. The third-order valence-electron chi connectivity index (χ3n) is 6.14. The zero-order valence-corrected chi connectivity index (χ0v) is 22.2. The number of carbonyl (C=O) groups excluding carboxylic acids is 1. The van der Waals surface area contributed by atoms with Crippen LogP contribution in [0.1, 0.15) is 72.3 Å². The lowest BCUT2D eigenvalue weighted by molar-refractivity contribution is -0.137. The fraction of sp³-hybridized carbons (Fsp3) is 0.593. The van der Waals surface area contributed by atoms with Crippen molar-refractivity contribution in [2.45, 2.75) is 90.6 Å². The van der Waals surface area contributed by atoms with Gasteiger partial charge in [-0.05, 0) is 56.6 Å². The molecule has 5 nitrogen and oxygen atoms in total. The molecule has 1 amide bonds. The van der Waals surface area contributed by atoms with Crippen LogP contribution in [0, 0.1) is 18.8 Å². The number of likely N-dealkylation sites (tertiary alicyclic amines) is 1. The molecule has 4 N–H and O–H groups in total. The molecule has 1 saturated heterocycles. The molecule has 0 aromatic heterocycles. The minimum atomic E-state index is -0.413. The van der Waals surface area contributed by atoms with Crippen LogP contribution >= 0.6 is 11.8 Å². The number of hydrogen-bond acceptors (Lipinski definition) is 5. The minimum absolute atomic E-state index is 0.0876. The van der Waals surface area contributed by atoms with Crippen LogP contribution in [-0.2, 0) is 4.79 Å². The highest BCUT2D eigenvalue weighted by Gasteiger charge is 2.38. The Hall–Kier alpha value is -1.92. The van der Waals surface area contributed by atoms with Crippen molar-refractivity contribution in [1.82, 2.24) is 9.91 Å². The van der Waals surface area contributed by atoms with Crippen LogP contribution in [0.2, 0.25) is 0 Å². The van der Waals surface area contributed by atoms with E-state index in [9.17, 15) is 4.79 Å². The Morgan fingerprint density at radius 3 is 2.48 bits per heavy atom. The van der Waals surface area contributed by atoms with Crippen molar-refractivity contribution in [2.75, 3.05) is 6.54 Å². The van der Waals surface area contributed by atoms with Gasteiger partial charge in [-0.15, -0.1) is 0 Å². The number of hydrazine groups is 1. The van der Waals surface area contributed by atoms with Gasteiger partial charge in [0.2, 0.25) is 5.91 Å². The minimum Gasteiger partial charge on any atom is -0.401 e. The number of thioether (sulfide) groups is 1. The van der Waals surface area contributed by atoms with E-state index < -0.39 is 6.04 Å². The van der Waals surface area contributed by atoms with E-state index in [1.807, 2.05) is 13.8 Å². The van der Waals surface area contributed by atoms with Crippen molar-refractivity contribution in [3.05, 3.63) is 52.7 Å². The van der Waals surface area contributed by atoms with Gasteiger partial charge in [-0.1, -0.05) is 70.7 Å². The fourth-order valence-electron chi connectivity index (χ4n) is 4.27. The average molecular weight is 473 g/mol. The molecule has 2 atom stereocenters. The van der Waals surface area contributed by atoms with Crippen LogP contribution in [0.5, 0.6) is 0 Å². The summed E-state index contributed by atoms with van der Waals surface area (Å²) in [6.07, 6.45) is 9.26. The average Bonchev–Trinajstić information content (AvgIpc) is 3.53. The van der Waals surface area contributed by atoms with E-state index in [0.29, 0.717) is 5.92 Å². The van der Waals surface area contributed by atoms with E-state index >= 15 is 0 Å². The zero-order chi connectivity index (χ0) is 24.5. The molecule has 0 radical (unpaired) electrons. The third kappa shape index (κ3) is 7.28. The second-order valence-corrected chi connectivity index (χ2v) is 10.2. The van der Waals surface area contributed by atoms with Crippen LogP contribution in [0.25, 0.3) is 0 Å². The molecule has 184 valence electrons. The molecule has 1 heterocycles. The first kappa shape index (κ1) is 27.3. The number of rotatable bonds is 9. The second kappa shape index (κ2) is 13.1. The zero-order valence-electron chi connectivity index (χ0n) is 21.4. The molecule has 2 aliphatic rings. The van der Waals surface area contributed by atoms with Gasteiger partial charge in [-0.25, -0.2) is 5.84 Å². The number of nitrogens with two attached hydrogens (primary N) is 2. The van der Waals surface area contributed by atoms with Gasteiger partial charge in [0.05, 0.1) is 6.04 Å². The number of hydrogen-bond donors (Lipinski definition) is 2.